The number of thiophene rings is 1. The predicted molar refractivity (Wildman–Crippen MR) is 125 cm³/mol. The summed E-state index contributed by atoms with van der Waals surface area (Å²) in [4.78, 5) is 20.9. The van der Waals surface area contributed by atoms with Crippen LogP contribution in [0.4, 0.5) is 11.6 Å². The van der Waals surface area contributed by atoms with Crippen molar-refractivity contribution in [2.75, 3.05) is 17.7 Å². The highest BCUT2D eigenvalue weighted by molar-refractivity contribution is 9.10. The van der Waals surface area contributed by atoms with E-state index < -0.39 is 0 Å². The van der Waals surface area contributed by atoms with E-state index >= 15 is 0 Å². The SMILES string of the molecule is COCc1c(Br)c(C)nc2sc(C(=O)N(Cc3ccc(C)o3)c3ccc(C)o3)c(N)c12. The number of carbonyl (C=O) groups excluding carboxylic acids is 1. The highest BCUT2D eigenvalue weighted by Crippen LogP contribution is 2.40. The largest absolute Gasteiger partial charge is 0.464 e. The van der Waals surface area contributed by atoms with Gasteiger partial charge in [0.05, 0.1) is 24.5 Å². The topological polar surface area (TPSA) is 94.7 Å². The standard InChI is InChI=1S/C22H22BrN3O4S/c1-11-5-7-14(29-11)9-26(16-8-6-12(2)30-16)22(27)20-19(24)17-15(10-28-4)18(23)13(3)25-21(17)31-20/h5-8H,9-10,24H2,1-4H3. The minimum atomic E-state index is -0.277. The van der Waals surface area contributed by atoms with E-state index in [1.165, 1.54) is 16.2 Å². The summed E-state index contributed by atoms with van der Waals surface area (Å²) in [6, 6.07) is 7.29. The summed E-state index contributed by atoms with van der Waals surface area (Å²) in [6.45, 7) is 6.16. The number of carbonyl (C=O) groups is 1. The first-order chi connectivity index (χ1) is 14.8. The molecule has 9 heteroatoms. The van der Waals surface area contributed by atoms with Crippen LogP contribution in [0.3, 0.4) is 0 Å². The second kappa shape index (κ2) is 8.49. The molecule has 0 saturated carbocycles. The minimum Gasteiger partial charge on any atom is -0.464 e. The van der Waals surface area contributed by atoms with Crippen molar-refractivity contribution in [3.8, 4) is 0 Å². The van der Waals surface area contributed by atoms with Crippen LogP contribution in [0.25, 0.3) is 10.2 Å². The number of hydrogen-bond acceptors (Lipinski definition) is 7. The van der Waals surface area contributed by atoms with Crippen LogP contribution in [0, 0.1) is 20.8 Å². The zero-order valence-corrected chi connectivity index (χ0v) is 20.0. The van der Waals surface area contributed by atoms with Gasteiger partial charge in [-0.3, -0.25) is 9.69 Å². The fourth-order valence-electron chi connectivity index (χ4n) is 3.44. The summed E-state index contributed by atoms with van der Waals surface area (Å²) < 4.78 is 17.7. The number of halogens is 1. The van der Waals surface area contributed by atoms with Crippen molar-refractivity contribution >= 4 is 55.0 Å². The van der Waals surface area contributed by atoms with Gasteiger partial charge in [0, 0.05) is 28.6 Å². The average Bonchev–Trinajstić information content (AvgIpc) is 3.42. The molecule has 0 radical (unpaired) electrons. The molecule has 0 spiro atoms. The fourth-order valence-corrected chi connectivity index (χ4v) is 4.96. The Morgan fingerprint density at radius 3 is 2.52 bits per heavy atom. The number of nitrogens with two attached hydrogens (primary N) is 1. The van der Waals surface area contributed by atoms with Gasteiger partial charge in [-0.05, 0) is 54.9 Å². The van der Waals surface area contributed by atoms with Gasteiger partial charge < -0.3 is 19.3 Å². The molecule has 4 aromatic rings. The Balaban J connectivity index is 1.83. The number of methoxy groups -OCH3 is 1. The Labute approximate surface area is 191 Å². The third-order valence-corrected chi connectivity index (χ3v) is 7.05. The molecule has 0 bridgehead atoms. The monoisotopic (exact) mass is 503 g/mol. The van der Waals surface area contributed by atoms with Crippen molar-refractivity contribution in [1.29, 1.82) is 0 Å². The van der Waals surface area contributed by atoms with E-state index in [-0.39, 0.29) is 12.5 Å². The van der Waals surface area contributed by atoms with Crippen molar-refractivity contribution in [1.82, 2.24) is 4.98 Å². The first kappa shape index (κ1) is 21.6. The molecule has 0 atom stereocenters. The van der Waals surface area contributed by atoms with Crippen molar-refractivity contribution in [3.05, 3.63) is 62.2 Å². The molecule has 7 nitrogen and oxygen atoms in total. The molecule has 0 aliphatic carbocycles. The molecule has 0 aliphatic heterocycles. The van der Waals surface area contributed by atoms with Gasteiger partial charge in [0.2, 0.25) is 5.88 Å². The average molecular weight is 504 g/mol. The van der Waals surface area contributed by atoms with E-state index in [1.54, 1.807) is 13.2 Å². The fraction of sp³-hybridized carbons (Fsp3) is 0.273. The summed E-state index contributed by atoms with van der Waals surface area (Å²) in [5, 5.41) is 0.733. The van der Waals surface area contributed by atoms with Crippen LogP contribution in [-0.2, 0) is 17.9 Å². The quantitative estimate of drug-likeness (QED) is 0.360. The molecule has 0 aromatic carbocycles. The molecule has 0 fully saturated rings. The zero-order valence-electron chi connectivity index (χ0n) is 17.6. The van der Waals surface area contributed by atoms with Crippen LogP contribution in [0.2, 0.25) is 0 Å². The van der Waals surface area contributed by atoms with E-state index in [0.29, 0.717) is 39.4 Å². The van der Waals surface area contributed by atoms with Crippen LogP contribution in [0.1, 0.15) is 38.2 Å². The van der Waals surface area contributed by atoms with E-state index in [0.717, 1.165) is 26.9 Å². The Kier molecular flexibility index (Phi) is 5.92. The van der Waals surface area contributed by atoms with Gasteiger partial charge >= 0.3 is 0 Å². The number of pyridine rings is 1. The molecular weight excluding hydrogens is 482 g/mol. The maximum Gasteiger partial charge on any atom is 0.273 e. The van der Waals surface area contributed by atoms with Crippen molar-refractivity contribution in [2.24, 2.45) is 0 Å². The molecule has 0 unspecified atom stereocenters. The number of aryl methyl sites for hydroxylation is 3. The summed E-state index contributed by atoms with van der Waals surface area (Å²) in [7, 11) is 1.62. The molecular formula is C22H22BrN3O4S. The minimum absolute atomic E-state index is 0.217. The lowest BCUT2D eigenvalue weighted by atomic mass is 10.1. The van der Waals surface area contributed by atoms with E-state index in [4.69, 9.17) is 19.3 Å². The highest BCUT2D eigenvalue weighted by atomic mass is 79.9. The number of nitrogen functional groups attached to an aromatic ring is 1. The van der Waals surface area contributed by atoms with Crippen LogP contribution in [0.15, 0.2) is 37.6 Å². The van der Waals surface area contributed by atoms with Gasteiger partial charge in [-0.2, -0.15) is 0 Å². The van der Waals surface area contributed by atoms with Crippen molar-refractivity contribution in [2.45, 2.75) is 33.9 Å². The van der Waals surface area contributed by atoms with Gasteiger partial charge in [0.25, 0.3) is 5.91 Å². The maximum atomic E-state index is 13.7. The number of aromatic nitrogens is 1. The number of hydrogen-bond donors (Lipinski definition) is 1. The number of furan rings is 2. The second-order valence-electron chi connectivity index (χ2n) is 7.24. The number of rotatable bonds is 6. The number of nitrogens with zero attached hydrogens (tertiary/aromatic N) is 2. The van der Waals surface area contributed by atoms with Crippen molar-refractivity contribution in [3.63, 3.8) is 0 Å². The van der Waals surface area contributed by atoms with Crippen LogP contribution >= 0.6 is 27.3 Å². The van der Waals surface area contributed by atoms with E-state index in [1.807, 2.05) is 39.0 Å². The van der Waals surface area contributed by atoms with Gasteiger partial charge in [-0.15, -0.1) is 11.3 Å². The Hall–Kier alpha value is -2.62. The molecule has 4 rings (SSSR count). The Morgan fingerprint density at radius 1 is 1.19 bits per heavy atom. The van der Waals surface area contributed by atoms with E-state index in [9.17, 15) is 4.79 Å². The molecule has 31 heavy (non-hydrogen) atoms. The molecule has 1 amide bonds. The highest BCUT2D eigenvalue weighted by Gasteiger charge is 2.28. The zero-order chi connectivity index (χ0) is 22.3. The lowest BCUT2D eigenvalue weighted by Crippen LogP contribution is -2.29. The molecule has 0 saturated heterocycles. The lowest BCUT2D eigenvalue weighted by molar-refractivity contribution is 0.0983. The third-order valence-electron chi connectivity index (χ3n) is 4.91. The Morgan fingerprint density at radius 2 is 1.90 bits per heavy atom. The molecule has 4 aromatic heterocycles. The van der Waals surface area contributed by atoms with Gasteiger partial charge in [-0.25, -0.2) is 4.98 Å². The molecule has 162 valence electrons. The number of ether oxygens (including phenoxy) is 1. The normalized spacial score (nSPS) is 11.4. The third kappa shape index (κ3) is 4.00. The maximum absolute atomic E-state index is 13.7. The molecule has 4 heterocycles. The lowest BCUT2D eigenvalue weighted by Gasteiger charge is -2.18. The second-order valence-corrected chi connectivity index (χ2v) is 9.03. The first-order valence-corrected chi connectivity index (χ1v) is 11.2. The van der Waals surface area contributed by atoms with Crippen LogP contribution in [0.5, 0.6) is 0 Å². The summed E-state index contributed by atoms with van der Waals surface area (Å²) in [6.07, 6.45) is 0. The first-order valence-electron chi connectivity index (χ1n) is 9.59. The Bertz CT molecular complexity index is 1270. The molecule has 2 N–H and O–H groups in total. The molecule has 0 aliphatic rings. The number of fused-ring (bicyclic) bond motifs is 1. The number of anilines is 2. The predicted octanol–water partition coefficient (Wildman–Crippen LogP) is 5.75. The summed E-state index contributed by atoms with van der Waals surface area (Å²) in [5.74, 6) is 2.28. The van der Waals surface area contributed by atoms with Crippen LogP contribution < -0.4 is 10.6 Å². The van der Waals surface area contributed by atoms with Gasteiger partial charge in [0.15, 0.2) is 0 Å². The smallest absolute Gasteiger partial charge is 0.273 e. The van der Waals surface area contributed by atoms with E-state index in [2.05, 4.69) is 20.9 Å². The summed E-state index contributed by atoms with van der Waals surface area (Å²) in [5.41, 5.74) is 8.57. The summed E-state index contributed by atoms with van der Waals surface area (Å²) >= 11 is 4.85. The van der Waals surface area contributed by atoms with Crippen LogP contribution in [-0.4, -0.2) is 18.0 Å². The van der Waals surface area contributed by atoms with Gasteiger partial charge in [-0.1, -0.05) is 0 Å². The van der Waals surface area contributed by atoms with Gasteiger partial charge in [0.1, 0.15) is 27.0 Å². The van der Waals surface area contributed by atoms with Crippen molar-refractivity contribution < 1.29 is 18.4 Å². The number of amides is 1.